The lowest BCUT2D eigenvalue weighted by Gasteiger charge is -2.20. The zero-order valence-electron chi connectivity index (χ0n) is 12.5. The predicted molar refractivity (Wildman–Crippen MR) is 80.5 cm³/mol. The Morgan fingerprint density at radius 3 is 2.67 bits per heavy atom. The third-order valence-corrected chi connectivity index (χ3v) is 4.35. The number of hydrogen-bond acceptors (Lipinski definition) is 5. The molecule has 8 nitrogen and oxygen atoms in total. The van der Waals surface area contributed by atoms with E-state index >= 15 is 0 Å². The van der Waals surface area contributed by atoms with Gasteiger partial charge in [0, 0.05) is 26.7 Å². The maximum Gasteiger partial charge on any atom is 0.332 e. The van der Waals surface area contributed by atoms with Crippen LogP contribution in [-0.2, 0) is 14.1 Å². The van der Waals surface area contributed by atoms with Crippen LogP contribution in [-0.4, -0.2) is 38.2 Å². The van der Waals surface area contributed by atoms with Gasteiger partial charge in [-0.1, -0.05) is 0 Å². The van der Waals surface area contributed by atoms with Crippen molar-refractivity contribution in [3.05, 3.63) is 20.8 Å². The second-order valence-electron chi connectivity index (χ2n) is 5.80. The van der Waals surface area contributed by atoms with E-state index < -0.39 is 0 Å². The molecule has 8 heteroatoms. The van der Waals surface area contributed by atoms with E-state index in [0.717, 1.165) is 17.5 Å². The summed E-state index contributed by atoms with van der Waals surface area (Å²) in [7, 11) is 3.08. The molecule has 21 heavy (non-hydrogen) atoms. The van der Waals surface area contributed by atoms with Crippen LogP contribution in [0.1, 0.15) is 13.3 Å². The van der Waals surface area contributed by atoms with Crippen LogP contribution in [0.4, 0.5) is 5.95 Å². The first kappa shape index (κ1) is 13.9. The van der Waals surface area contributed by atoms with Crippen molar-refractivity contribution in [1.29, 1.82) is 0 Å². The molecule has 3 heterocycles. The van der Waals surface area contributed by atoms with Gasteiger partial charge in [-0.3, -0.25) is 13.9 Å². The average molecular weight is 292 g/mol. The summed E-state index contributed by atoms with van der Waals surface area (Å²) < 4.78 is 2.47. The van der Waals surface area contributed by atoms with E-state index in [-0.39, 0.29) is 11.2 Å². The molecule has 1 aliphatic rings. The monoisotopic (exact) mass is 292 g/mol. The van der Waals surface area contributed by atoms with Gasteiger partial charge in [0.15, 0.2) is 11.2 Å². The van der Waals surface area contributed by atoms with Crippen LogP contribution in [0, 0.1) is 5.92 Å². The van der Waals surface area contributed by atoms with Crippen LogP contribution in [0.2, 0.25) is 0 Å². The second-order valence-corrected chi connectivity index (χ2v) is 5.80. The lowest BCUT2D eigenvalue weighted by Crippen LogP contribution is -2.36. The zero-order valence-corrected chi connectivity index (χ0v) is 12.5. The summed E-state index contributed by atoms with van der Waals surface area (Å²) in [6.07, 6.45) is 1.00. The van der Waals surface area contributed by atoms with E-state index in [1.54, 1.807) is 7.05 Å². The zero-order chi connectivity index (χ0) is 15.3. The Balaban J connectivity index is 2.15. The summed E-state index contributed by atoms with van der Waals surface area (Å²) in [5, 5.41) is 0. The Kier molecular flexibility index (Phi) is 3.12. The molecule has 3 rings (SSSR count). The quantitative estimate of drug-likeness (QED) is 0.749. The highest BCUT2D eigenvalue weighted by Crippen LogP contribution is 2.27. The molecule has 0 spiro atoms. The molecule has 1 aliphatic heterocycles. The minimum absolute atomic E-state index is 0.306. The first-order chi connectivity index (χ1) is 9.93. The van der Waals surface area contributed by atoms with E-state index in [1.165, 1.54) is 11.6 Å². The molecular formula is C13H20N6O2. The standard InChI is InChI=1S/C13H20N6O2/c1-7-4-8(5-14)6-19(7)12-15-9-10(16-12)17(2)13(21)18(3)11(9)20/h7-8H,4-6,14H2,1-3H3,(H,15,16). The number of nitrogens with two attached hydrogens (primary N) is 1. The fraction of sp³-hybridized carbons (Fsp3) is 0.615. The number of aryl methyl sites for hydroxylation is 1. The number of nitrogens with one attached hydrogen (secondary N) is 1. The lowest BCUT2D eigenvalue weighted by atomic mass is 10.1. The van der Waals surface area contributed by atoms with Crippen LogP contribution < -0.4 is 21.9 Å². The summed E-state index contributed by atoms with van der Waals surface area (Å²) in [4.78, 5) is 33.7. The topological polar surface area (TPSA) is 102 Å². The number of rotatable bonds is 2. The highest BCUT2D eigenvalue weighted by Gasteiger charge is 2.30. The molecule has 1 saturated heterocycles. The molecule has 3 N–H and O–H groups in total. The summed E-state index contributed by atoms with van der Waals surface area (Å²) in [6, 6.07) is 0.306. The molecule has 2 aromatic heterocycles. The summed E-state index contributed by atoms with van der Waals surface area (Å²) in [6.45, 7) is 3.56. The van der Waals surface area contributed by atoms with Gasteiger partial charge in [-0.25, -0.2) is 4.79 Å². The van der Waals surface area contributed by atoms with E-state index in [9.17, 15) is 9.59 Å². The SMILES string of the molecule is CC1CC(CN)CN1c1nc2c([nH]1)c(=O)n(C)c(=O)n2C. The number of H-pyrrole nitrogens is 1. The Labute approximate surface area is 121 Å². The first-order valence-electron chi connectivity index (χ1n) is 7.06. The molecule has 0 saturated carbocycles. The van der Waals surface area contributed by atoms with Gasteiger partial charge in [0.1, 0.15) is 0 Å². The summed E-state index contributed by atoms with van der Waals surface area (Å²) >= 11 is 0. The van der Waals surface area contributed by atoms with Crippen molar-refractivity contribution < 1.29 is 0 Å². The van der Waals surface area contributed by atoms with E-state index in [2.05, 4.69) is 21.8 Å². The number of imidazole rings is 1. The first-order valence-corrected chi connectivity index (χ1v) is 7.06. The van der Waals surface area contributed by atoms with Gasteiger partial charge in [-0.2, -0.15) is 4.98 Å². The van der Waals surface area contributed by atoms with E-state index in [0.29, 0.717) is 35.6 Å². The van der Waals surface area contributed by atoms with Gasteiger partial charge in [-0.05, 0) is 25.8 Å². The van der Waals surface area contributed by atoms with Crippen LogP contribution in [0.5, 0.6) is 0 Å². The Morgan fingerprint density at radius 1 is 1.33 bits per heavy atom. The largest absolute Gasteiger partial charge is 0.339 e. The molecule has 0 amide bonds. The van der Waals surface area contributed by atoms with Crippen molar-refractivity contribution in [3.8, 4) is 0 Å². The highest BCUT2D eigenvalue weighted by atomic mass is 16.2. The molecule has 114 valence electrons. The Hall–Kier alpha value is -2.09. The number of nitrogens with zero attached hydrogens (tertiary/aromatic N) is 4. The van der Waals surface area contributed by atoms with Gasteiger partial charge >= 0.3 is 5.69 Å². The summed E-state index contributed by atoms with van der Waals surface area (Å²) in [5.41, 5.74) is 5.77. The van der Waals surface area contributed by atoms with Gasteiger partial charge in [-0.15, -0.1) is 0 Å². The van der Waals surface area contributed by atoms with E-state index in [4.69, 9.17) is 5.73 Å². The molecule has 2 atom stereocenters. The lowest BCUT2D eigenvalue weighted by molar-refractivity contribution is 0.579. The van der Waals surface area contributed by atoms with Crippen LogP contribution in [0.3, 0.4) is 0 Å². The number of fused-ring (bicyclic) bond motifs is 1. The van der Waals surface area contributed by atoms with Gasteiger partial charge in [0.25, 0.3) is 5.56 Å². The maximum atomic E-state index is 12.2. The number of anilines is 1. The minimum Gasteiger partial charge on any atom is -0.339 e. The molecule has 0 aromatic carbocycles. The maximum absolute atomic E-state index is 12.2. The second kappa shape index (κ2) is 4.73. The molecule has 0 aliphatic carbocycles. The summed E-state index contributed by atoms with van der Waals surface area (Å²) in [5.74, 6) is 1.06. The van der Waals surface area contributed by atoms with Crippen molar-refractivity contribution in [3.63, 3.8) is 0 Å². The minimum atomic E-state index is -0.375. The van der Waals surface area contributed by atoms with Crippen LogP contribution in [0.25, 0.3) is 11.2 Å². The Morgan fingerprint density at radius 2 is 2.05 bits per heavy atom. The third kappa shape index (κ3) is 1.98. The van der Waals surface area contributed by atoms with Gasteiger partial charge in [0.05, 0.1) is 0 Å². The molecule has 2 aromatic rings. The van der Waals surface area contributed by atoms with Gasteiger partial charge in [0.2, 0.25) is 5.95 Å². The smallest absolute Gasteiger partial charge is 0.332 e. The van der Waals surface area contributed by atoms with Crippen molar-refractivity contribution >= 4 is 17.1 Å². The fourth-order valence-electron chi connectivity index (χ4n) is 3.06. The number of hydrogen-bond donors (Lipinski definition) is 2. The predicted octanol–water partition coefficient (Wildman–Crippen LogP) is -0.866. The van der Waals surface area contributed by atoms with Crippen molar-refractivity contribution in [1.82, 2.24) is 19.1 Å². The van der Waals surface area contributed by atoms with Crippen molar-refractivity contribution in [2.45, 2.75) is 19.4 Å². The molecule has 2 unspecified atom stereocenters. The number of aromatic amines is 1. The molecule has 0 radical (unpaired) electrons. The Bertz CT molecular complexity index is 801. The molecular weight excluding hydrogens is 272 g/mol. The normalized spacial score (nSPS) is 22.4. The highest BCUT2D eigenvalue weighted by molar-refractivity contribution is 5.73. The third-order valence-electron chi connectivity index (χ3n) is 4.35. The average Bonchev–Trinajstić information content (AvgIpc) is 3.06. The number of aromatic nitrogens is 4. The van der Waals surface area contributed by atoms with Crippen LogP contribution >= 0.6 is 0 Å². The van der Waals surface area contributed by atoms with Gasteiger partial charge < -0.3 is 15.6 Å². The molecule has 1 fully saturated rings. The van der Waals surface area contributed by atoms with E-state index in [1.807, 2.05) is 0 Å². The van der Waals surface area contributed by atoms with Crippen molar-refractivity contribution in [2.75, 3.05) is 18.0 Å². The molecule has 0 bridgehead atoms. The van der Waals surface area contributed by atoms with Crippen LogP contribution in [0.15, 0.2) is 9.59 Å². The fourth-order valence-corrected chi connectivity index (χ4v) is 3.06. The van der Waals surface area contributed by atoms with Crippen molar-refractivity contribution in [2.24, 2.45) is 25.7 Å².